The molecular formula is C14H24N2O2S. The number of nitrogens with zero attached hydrogens (tertiary/aromatic N) is 1. The number of nitrogens with one attached hydrogen (secondary N) is 1. The van der Waals surface area contributed by atoms with Crippen molar-refractivity contribution in [3.63, 3.8) is 0 Å². The highest BCUT2D eigenvalue weighted by atomic mass is 32.2. The fourth-order valence-corrected chi connectivity index (χ4v) is 3.68. The molecule has 19 heavy (non-hydrogen) atoms. The SMILES string of the molecule is CCSCCCN1CCC(=O)NC2(CCCC2)C1=O. The van der Waals surface area contributed by atoms with Gasteiger partial charge in [0.2, 0.25) is 11.8 Å². The molecular weight excluding hydrogens is 260 g/mol. The average Bonchev–Trinajstić information content (AvgIpc) is 2.82. The van der Waals surface area contributed by atoms with Gasteiger partial charge in [-0.05, 0) is 30.8 Å². The lowest BCUT2D eigenvalue weighted by atomic mass is 9.96. The third kappa shape index (κ3) is 3.44. The zero-order valence-electron chi connectivity index (χ0n) is 11.7. The highest BCUT2D eigenvalue weighted by Gasteiger charge is 2.46. The molecule has 0 atom stereocenters. The van der Waals surface area contributed by atoms with E-state index in [0.717, 1.165) is 50.2 Å². The van der Waals surface area contributed by atoms with Crippen LogP contribution in [-0.4, -0.2) is 46.8 Å². The van der Waals surface area contributed by atoms with Crippen molar-refractivity contribution >= 4 is 23.6 Å². The summed E-state index contributed by atoms with van der Waals surface area (Å²) in [5.41, 5.74) is -0.564. The molecule has 1 spiro atoms. The van der Waals surface area contributed by atoms with Crippen LogP contribution in [0.3, 0.4) is 0 Å². The van der Waals surface area contributed by atoms with Crippen LogP contribution >= 0.6 is 11.8 Å². The van der Waals surface area contributed by atoms with E-state index in [-0.39, 0.29) is 11.8 Å². The second-order valence-electron chi connectivity index (χ2n) is 5.43. The summed E-state index contributed by atoms with van der Waals surface area (Å²) in [5, 5.41) is 3.00. The Morgan fingerprint density at radius 2 is 2.05 bits per heavy atom. The normalized spacial score (nSPS) is 22.7. The van der Waals surface area contributed by atoms with Crippen LogP contribution in [0.1, 0.15) is 45.4 Å². The zero-order chi connectivity index (χ0) is 13.7. The maximum Gasteiger partial charge on any atom is 0.248 e. The Labute approximate surface area is 119 Å². The molecule has 1 N–H and O–H groups in total. The number of amides is 2. The molecule has 2 fully saturated rings. The summed E-state index contributed by atoms with van der Waals surface area (Å²) in [4.78, 5) is 26.4. The van der Waals surface area contributed by atoms with Gasteiger partial charge in [0, 0.05) is 19.5 Å². The summed E-state index contributed by atoms with van der Waals surface area (Å²) in [5.74, 6) is 2.42. The zero-order valence-corrected chi connectivity index (χ0v) is 12.6. The van der Waals surface area contributed by atoms with E-state index in [4.69, 9.17) is 0 Å². The molecule has 0 aromatic rings. The first-order valence-corrected chi connectivity index (χ1v) is 8.51. The molecule has 1 heterocycles. The number of carbonyl (C=O) groups is 2. The second-order valence-corrected chi connectivity index (χ2v) is 6.82. The molecule has 2 rings (SSSR count). The minimum Gasteiger partial charge on any atom is -0.342 e. The fraction of sp³-hybridized carbons (Fsp3) is 0.857. The van der Waals surface area contributed by atoms with Gasteiger partial charge in [0.25, 0.3) is 0 Å². The van der Waals surface area contributed by atoms with Gasteiger partial charge in [0.1, 0.15) is 5.54 Å². The van der Waals surface area contributed by atoms with Crippen molar-refractivity contribution in [3.8, 4) is 0 Å². The molecule has 0 bridgehead atoms. The van der Waals surface area contributed by atoms with Crippen LogP contribution < -0.4 is 5.32 Å². The van der Waals surface area contributed by atoms with Crippen LogP contribution in [0.15, 0.2) is 0 Å². The highest BCUT2D eigenvalue weighted by molar-refractivity contribution is 7.99. The Morgan fingerprint density at radius 3 is 2.74 bits per heavy atom. The predicted octanol–water partition coefficient (Wildman–Crippen LogP) is 1.79. The number of thioether (sulfide) groups is 1. The Kier molecular flexibility index (Phi) is 5.13. The first-order valence-electron chi connectivity index (χ1n) is 7.36. The molecule has 2 amide bonds. The van der Waals surface area contributed by atoms with Gasteiger partial charge in [0.05, 0.1) is 0 Å². The molecule has 0 aromatic carbocycles. The van der Waals surface area contributed by atoms with E-state index in [1.54, 1.807) is 0 Å². The van der Waals surface area contributed by atoms with Gasteiger partial charge >= 0.3 is 0 Å². The quantitative estimate of drug-likeness (QED) is 0.783. The Balaban J connectivity index is 1.98. The van der Waals surface area contributed by atoms with E-state index in [1.165, 1.54) is 0 Å². The molecule has 0 aromatic heterocycles. The second kappa shape index (κ2) is 6.64. The summed E-state index contributed by atoms with van der Waals surface area (Å²) in [7, 11) is 0. The third-order valence-electron chi connectivity index (χ3n) is 4.06. The molecule has 0 radical (unpaired) electrons. The molecule has 2 aliphatic rings. The van der Waals surface area contributed by atoms with E-state index in [0.29, 0.717) is 13.0 Å². The van der Waals surface area contributed by atoms with Crippen molar-refractivity contribution in [2.75, 3.05) is 24.6 Å². The van der Waals surface area contributed by atoms with Crippen LogP contribution in [0, 0.1) is 0 Å². The van der Waals surface area contributed by atoms with Crippen LogP contribution in [-0.2, 0) is 9.59 Å². The van der Waals surface area contributed by atoms with E-state index < -0.39 is 5.54 Å². The van der Waals surface area contributed by atoms with Gasteiger partial charge in [-0.15, -0.1) is 0 Å². The van der Waals surface area contributed by atoms with Crippen LogP contribution in [0.2, 0.25) is 0 Å². The molecule has 108 valence electrons. The minimum atomic E-state index is -0.564. The molecule has 1 saturated heterocycles. The first kappa shape index (κ1) is 14.7. The summed E-state index contributed by atoms with van der Waals surface area (Å²) in [6.45, 7) is 3.53. The van der Waals surface area contributed by atoms with Crippen molar-refractivity contribution in [1.29, 1.82) is 0 Å². The van der Waals surface area contributed by atoms with E-state index in [9.17, 15) is 9.59 Å². The van der Waals surface area contributed by atoms with Gasteiger partial charge in [-0.1, -0.05) is 19.8 Å². The predicted molar refractivity (Wildman–Crippen MR) is 78.2 cm³/mol. The van der Waals surface area contributed by atoms with E-state index >= 15 is 0 Å². The number of carbonyl (C=O) groups excluding carboxylic acids is 2. The van der Waals surface area contributed by atoms with Crippen molar-refractivity contribution in [3.05, 3.63) is 0 Å². The summed E-state index contributed by atoms with van der Waals surface area (Å²) >= 11 is 1.91. The summed E-state index contributed by atoms with van der Waals surface area (Å²) < 4.78 is 0. The highest BCUT2D eigenvalue weighted by Crippen LogP contribution is 2.33. The van der Waals surface area contributed by atoms with Crippen LogP contribution in [0.5, 0.6) is 0 Å². The minimum absolute atomic E-state index is 0.0423. The fourth-order valence-electron chi connectivity index (χ4n) is 3.06. The molecule has 0 unspecified atom stereocenters. The van der Waals surface area contributed by atoms with Gasteiger partial charge < -0.3 is 10.2 Å². The monoisotopic (exact) mass is 284 g/mol. The van der Waals surface area contributed by atoms with Gasteiger partial charge in [-0.3, -0.25) is 9.59 Å². The van der Waals surface area contributed by atoms with Crippen LogP contribution in [0.25, 0.3) is 0 Å². The maximum absolute atomic E-state index is 12.7. The van der Waals surface area contributed by atoms with Gasteiger partial charge in [-0.2, -0.15) is 11.8 Å². The van der Waals surface area contributed by atoms with Gasteiger partial charge in [-0.25, -0.2) is 0 Å². The lowest BCUT2D eigenvalue weighted by Crippen LogP contribution is -2.55. The van der Waals surface area contributed by atoms with Crippen molar-refractivity contribution < 1.29 is 9.59 Å². The molecule has 1 aliphatic carbocycles. The average molecular weight is 284 g/mol. The number of hydrogen-bond donors (Lipinski definition) is 1. The van der Waals surface area contributed by atoms with E-state index in [1.807, 2.05) is 16.7 Å². The lowest BCUT2D eigenvalue weighted by molar-refractivity contribution is -0.138. The number of rotatable bonds is 5. The smallest absolute Gasteiger partial charge is 0.248 e. The topological polar surface area (TPSA) is 49.4 Å². The van der Waals surface area contributed by atoms with Crippen molar-refractivity contribution in [2.24, 2.45) is 0 Å². The summed E-state index contributed by atoms with van der Waals surface area (Å²) in [6.07, 6.45) is 5.20. The van der Waals surface area contributed by atoms with E-state index in [2.05, 4.69) is 12.2 Å². The lowest BCUT2D eigenvalue weighted by Gasteiger charge is -2.31. The van der Waals surface area contributed by atoms with Gasteiger partial charge in [0.15, 0.2) is 0 Å². The Morgan fingerprint density at radius 1 is 1.32 bits per heavy atom. The van der Waals surface area contributed by atoms with Crippen LogP contribution in [0.4, 0.5) is 0 Å². The molecule has 4 nitrogen and oxygen atoms in total. The number of hydrogen-bond acceptors (Lipinski definition) is 3. The first-order chi connectivity index (χ1) is 9.18. The standard InChI is InChI=1S/C14H24N2O2S/c1-2-19-11-5-9-16-10-6-12(17)15-14(13(16)18)7-3-4-8-14/h2-11H2,1H3,(H,15,17). The Hall–Kier alpha value is -0.710. The molecule has 1 saturated carbocycles. The maximum atomic E-state index is 12.7. The van der Waals surface area contributed by atoms with Crippen molar-refractivity contribution in [2.45, 2.75) is 51.0 Å². The largest absolute Gasteiger partial charge is 0.342 e. The summed E-state index contributed by atoms with van der Waals surface area (Å²) in [6, 6.07) is 0. The Bertz CT molecular complexity index is 340. The molecule has 5 heteroatoms. The third-order valence-corrected chi connectivity index (χ3v) is 5.05. The van der Waals surface area contributed by atoms with Crippen molar-refractivity contribution in [1.82, 2.24) is 10.2 Å². The molecule has 1 aliphatic heterocycles.